The second kappa shape index (κ2) is 8.24. The molecule has 0 bridgehead atoms. The molecule has 0 unspecified atom stereocenters. The molecule has 1 fully saturated rings. The first-order chi connectivity index (χ1) is 12.2. The number of hydrogen-bond donors (Lipinski definition) is 2. The molecule has 1 aromatic carbocycles. The van der Waals surface area contributed by atoms with E-state index in [0.29, 0.717) is 22.8 Å². The monoisotopic (exact) mass is 361 g/mol. The first-order valence-corrected chi connectivity index (χ1v) is 9.43. The van der Waals surface area contributed by atoms with Gasteiger partial charge in [0.2, 0.25) is 11.1 Å². The molecule has 134 valence electrons. The number of carbonyl (C=O) groups excluding carboxylic acids is 1. The summed E-state index contributed by atoms with van der Waals surface area (Å²) in [4.78, 5) is 12.1. The molecule has 0 radical (unpaired) electrons. The average molecular weight is 361 g/mol. The molecule has 0 aliphatic heterocycles. The number of nitrogens with two attached hydrogens (primary N) is 1. The maximum Gasteiger partial charge on any atom is 0.230 e. The third-order valence-electron chi connectivity index (χ3n) is 4.32. The summed E-state index contributed by atoms with van der Waals surface area (Å²) < 4.78 is 6.74. The lowest BCUT2D eigenvalue weighted by Crippen LogP contribution is -2.37. The second-order valence-electron chi connectivity index (χ2n) is 6.07. The number of ether oxygens (including phenoxy) is 1. The van der Waals surface area contributed by atoms with Crippen LogP contribution in [0.5, 0.6) is 5.75 Å². The fourth-order valence-electron chi connectivity index (χ4n) is 3.03. The summed E-state index contributed by atoms with van der Waals surface area (Å²) in [5, 5.41) is 11.8. The molecule has 1 amide bonds. The van der Waals surface area contributed by atoms with Gasteiger partial charge in [-0.05, 0) is 25.0 Å². The van der Waals surface area contributed by atoms with Crippen LogP contribution in [-0.2, 0) is 4.79 Å². The number of thioether (sulfide) groups is 1. The number of methoxy groups -OCH3 is 1. The molecule has 1 heterocycles. The fraction of sp³-hybridized carbons (Fsp3) is 0.471. The average Bonchev–Trinajstić information content (AvgIpc) is 3.01. The number of hydrogen-bond acceptors (Lipinski definition) is 6. The Kier molecular flexibility index (Phi) is 5.80. The highest BCUT2D eigenvalue weighted by atomic mass is 32.2. The van der Waals surface area contributed by atoms with Crippen molar-refractivity contribution in [3.8, 4) is 17.1 Å². The van der Waals surface area contributed by atoms with Crippen LogP contribution in [0.1, 0.15) is 32.1 Å². The Balaban J connectivity index is 1.62. The molecule has 0 saturated heterocycles. The Morgan fingerprint density at radius 2 is 2.08 bits per heavy atom. The molecule has 25 heavy (non-hydrogen) atoms. The molecule has 3 rings (SSSR count). The van der Waals surface area contributed by atoms with E-state index in [0.717, 1.165) is 18.4 Å². The van der Waals surface area contributed by atoms with Crippen LogP contribution in [0.15, 0.2) is 29.4 Å². The van der Waals surface area contributed by atoms with E-state index in [1.54, 1.807) is 7.11 Å². The van der Waals surface area contributed by atoms with Crippen LogP contribution < -0.4 is 15.9 Å². The molecular formula is C17H23N5O2S. The number of nitrogen functional groups attached to an aromatic ring is 1. The van der Waals surface area contributed by atoms with Gasteiger partial charge in [0.1, 0.15) is 5.75 Å². The third kappa shape index (κ3) is 4.25. The van der Waals surface area contributed by atoms with E-state index in [1.165, 1.54) is 35.7 Å². The smallest absolute Gasteiger partial charge is 0.230 e. The van der Waals surface area contributed by atoms with Gasteiger partial charge in [0, 0.05) is 6.04 Å². The highest BCUT2D eigenvalue weighted by Gasteiger charge is 2.18. The van der Waals surface area contributed by atoms with Crippen LogP contribution in [0.4, 0.5) is 0 Å². The van der Waals surface area contributed by atoms with Crippen molar-refractivity contribution in [1.82, 2.24) is 20.2 Å². The van der Waals surface area contributed by atoms with Gasteiger partial charge in [-0.1, -0.05) is 43.2 Å². The zero-order valence-corrected chi connectivity index (χ0v) is 15.1. The number of nitrogens with one attached hydrogen (secondary N) is 1. The van der Waals surface area contributed by atoms with Crippen LogP contribution in [0, 0.1) is 0 Å². The first kappa shape index (κ1) is 17.6. The number of amides is 1. The number of nitrogens with zero attached hydrogens (tertiary/aromatic N) is 3. The molecule has 0 atom stereocenters. The van der Waals surface area contributed by atoms with Crippen molar-refractivity contribution < 1.29 is 9.53 Å². The van der Waals surface area contributed by atoms with Gasteiger partial charge in [-0.3, -0.25) is 4.79 Å². The van der Waals surface area contributed by atoms with Gasteiger partial charge in [0.05, 0.1) is 18.4 Å². The molecule has 1 aliphatic carbocycles. The molecule has 8 heteroatoms. The molecule has 1 aliphatic rings. The van der Waals surface area contributed by atoms with Gasteiger partial charge in [-0.25, -0.2) is 4.68 Å². The summed E-state index contributed by atoms with van der Waals surface area (Å²) in [6.07, 6.45) is 5.79. The maximum absolute atomic E-state index is 12.1. The number of rotatable bonds is 6. The van der Waals surface area contributed by atoms with Crippen molar-refractivity contribution in [3.05, 3.63) is 24.3 Å². The van der Waals surface area contributed by atoms with E-state index in [-0.39, 0.29) is 11.7 Å². The zero-order valence-electron chi connectivity index (χ0n) is 14.3. The van der Waals surface area contributed by atoms with Gasteiger partial charge in [0.25, 0.3) is 0 Å². The summed E-state index contributed by atoms with van der Waals surface area (Å²) in [6.45, 7) is 0. The Morgan fingerprint density at radius 1 is 1.32 bits per heavy atom. The van der Waals surface area contributed by atoms with Crippen molar-refractivity contribution in [2.24, 2.45) is 0 Å². The summed E-state index contributed by atoms with van der Waals surface area (Å²) >= 11 is 1.28. The van der Waals surface area contributed by atoms with Gasteiger partial charge in [0.15, 0.2) is 5.82 Å². The summed E-state index contributed by atoms with van der Waals surface area (Å²) in [6, 6.07) is 7.79. The number of para-hydroxylation sites is 1. The second-order valence-corrected chi connectivity index (χ2v) is 7.01. The first-order valence-electron chi connectivity index (χ1n) is 8.45. The lowest BCUT2D eigenvalue weighted by molar-refractivity contribution is -0.119. The highest BCUT2D eigenvalue weighted by molar-refractivity contribution is 7.99. The van der Waals surface area contributed by atoms with Crippen LogP contribution in [0.2, 0.25) is 0 Å². The Labute approximate surface area is 151 Å². The maximum atomic E-state index is 12.1. The fourth-order valence-corrected chi connectivity index (χ4v) is 3.70. The molecule has 2 aromatic rings. The van der Waals surface area contributed by atoms with Crippen molar-refractivity contribution >= 4 is 17.7 Å². The minimum atomic E-state index is 0.0127. The van der Waals surface area contributed by atoms with Crippen LogP contribution in [-0.4, -0.2) is 39.7 Å². The van der Waals surface area contributed by atoms with E-state index >= 15 is 0 Å². The summed E-state index contributed by atoms with van der Waals surface area (Å²) in [7, 11) is 1.60. The van der Waals surface area contributed by atoms with Gasteiger partial charge in [-0.15, -0.1) is 10.2 Å². The molecule has 7 nitrogen and oxygen atoms in total. The number of aromatic nitrogens is 3. The topological polar surface area (TPSA) is 95.1 Å². The van der Waals surface area contributed by atoms with E-state index in [1.807, 2.05) is 24.3 Å². The predicted octanol–water partition coefficient (Wildman–Crippen LogP) is 2.21. The van der Waals surface area contributed by atoms with Crippen molar-refractivity contribution in [3.63, 3.8) is 0 Å². The molecule has 0 spiro atoms. The lowest BCUT2D eigenvalue weighted by atomic mass is 9.95. The minimum Gasteiger partial charge on any atom is -0.496 e. The van der Waals surface area contributed by atoms with Crippen molar-refractivity contribution in [2.75, 3.05) is 18.7 Å². The lowest BCUT2D eigenvalue weighted by Gasteiger charge is -2.22. The Bertz CT molecular complexity index is 728. The van der Waals surface area contributed by atoms with Crippen molar-refractivity contribution in [2.45, 2.75) is 43.3 Å². The normalized spacial score (nSPS) is 15.1. The Morgan fingerprint density at radius 3 is 2.84 bits per heavy atom. The van der Waals surface area contributed by atoms with E-state index < -0.39 is 0 Å². The van der Waals surface area contributed by atoms with Crippen LogP contribution in [0.3, 0.4) is 0 Å². The SMILES string of the molecule is COc1ccccc1-c1nnc(SCC(=O)NC2CCCCC2)n1N. The van der Waals surface area contributed by atoms with Gasteiger partial charge >= 0.3 is 0 Å². The van der Waals surface area contributed by atoms with E-state index in [2.05, 4.69) is 15.5 Å². The largest absolute Gasteiger partial charge is 0.496 e. The summed E-state index contributed by atoms with van der Waals surface area (Å²) in [5.41, 5.74) is 0.763. The van der Waals surface area contributed by atoms with Gasteiger partial charge < -0.3 is 15.9 Å². The summed E-state index contributed by atoms with van der Waals surface area (Å²) in [5.74, 6) is 7.58. The van der Waals surface area contributed by atoms with Crippen LogP contribution >= 0.6 is 11.8 Å². The molecule has 1 saturated carbocycles. The molecular weight excluding hydrogens is 338 g/mol. The van der Waals surface area contributed by atoms with Crippen LogP contribution in [0.25, 0.3) is 11.4 Å². The van der Waals surface area contributed by atoms with E-state index in [9.17, 15) is 4.79 Å². The van der Waals surface area contributed by atoms with Gasteiger partial charge in [-0.2, -0.15) is 0 Å². The standard InChI is InChI=1S/C17H23N5O2S/c1-24-14-10-6-5-9-13(14)16-20-21-17(22(16)18)25-11-15(23)19-12-7-3-2-4-8-12/h5-6,9-10,12H,2-4,7-8,11,18H2,1H3,(H,19,23). The Hall–Kier alpha value is -2.22. The zero-order chi connectivity index (χ0) is 17.6. The quantitative estimate of drug-likeness (QED) is 0.605. The van der Waals surface area contributed by atoms with E-state index in [4.69, 9.17) is 10.6 Å². The van der Waals surface area contributed by atoms with Crippen molar-refractivity contribution in [1.29, 1.82) is 0 Å². The third-order valence-corrected chi connectivity index (χ3v) is 5.26. The number of benzene rings is 1. The molecule has 3 N–H and O–H groups in total. The molecule has 1 aromatic heterocycles. The highest BCUT2D eigenvalue weighted by Crippen LogP contribution is 2.29. The number of carbonyl (C=O) groups is 1. The minimum absolute atomic E-state index is 0.0127. The predicted molar refractivity (Wildman–Crippen MR) is 97.9 cm³/mol.